The number of hydrogen-bond acceptors (Lipinski definition) is 0. The van der Waals surface area contributed by atoms with Gasteiger partial charge in [-0.15, -0.1) is 0 Å². The van der Waals surface area contributed by atoms with Crippen LogP contribution in [0.4, 0.5) is 0 Å². The first kappa shape index (κ1) is 15.0. The van der Waals surface area contributed by atoms with Gasteiger partial charge in [-0.05, 0) is 6.42 Å². The molecule has 89 valence electrons. The molecule has 0 atom stereocenters. The van der Waals surface area contributed by atoms with Crippen molar-refractivity contribution >= 4 is 0 Å². The molecule has 0 aromatic rings. The summed E-state index contributed by atoms with van der Waals surface area (Å²) in [4.78, 5) is 0. The molecule has 0 nitrogen and oxygen atoms in total. The third-order valence-corrected chi connectivity index (χ3v) is 2.82. The van der Waals surface area contributed by atoms with E-state index in [1.54, 1.807) is 0 Å². The van der Waals surface area contributed by atoms with Gasteiger partial charge in [-0.1, -0.05) is 90.9 Å². The second kappa shape index (κ2) is 14.0. The van der Waals surface area contributed by atoms with Crippen molar-refractivity contribution in [1.82, 2.24) is 0 Å². The predicted octanol–water partition coefficient (Wildman–Crippen LogP) is 5.54. The average Bonchev–Trinajstić information content (AvgIpc) is 2.26. The van der Waals surface area contributed by atoms with Gasteiger partial charge < -0.3 is 0 Å². The lowest BCUT2D eigenvalue weighted by Crippen LogP contribution is -1.82. The Bertz CT molecular complexity index is 84.2. The first-order valence-electron chi connectivity index (χ1n) is 6.82. The first-order chi connectivity index (χ1) is 7.41. The van der Waals surface area contributed by atoms with Gasteiger partial charge in [-0.25, -0.2) is 0 Å². The Balaban J connectivity index is 2.81. The van der Waals surface area contributed by atoms with E-state index in [2.05, 4.69) is 20.3 Å². The Morgan fingerprint density at radius 1 is 0.533 bits per heavy atom. The van der Waals surface area contributed by atoms with E-state index in [9.17, 15) is 0 Å². The molecule has 0 aliphatic carbocycles. The van der Waals surface area contributed by atoms with Crippen molar-refractivity contribution in [3.63, 3.8) is 0 Å². The fourth-order valence-corrected chi connectivity index (χ4v) is 1.78. The van der Waals surface area contributed by atoms with E-state index in [-0.39, 0.29) is 0 Å². The summed E-state index contributed by atoms with van der Waals surface area (Å²) in [5.41, 5.74) is 0. The molecule has 0 aromatic carbocycles. The highest BCUT2D eigenvalue weighted by Gasteiger charge is 1.92. The Kier molecular flexibility index (Phi) is 14.0. The van der Waals surface area contributed by atoms with E-state index < -0.39 is 0 Å². The fraction of sp³-hybridized carbons (Fsp3) is 0.800. The minimum atomic E-state index is 1.09. The van der Waals surface area contributed by atoms with Gasteiger partial charge in [0.2, 0.25) is 0 Å². The Labute approximate surface area is 97.8 Å². The fourth-order valence-electron chi connectivity index (χ4n) is 1.78. The molecule has 0 saturated carbocycles. The van der Waals surface area contributed by atoms with Gasteiger partial charge in [0.05, 0.1) is 0 Å². The van der Waals surface area contributed by atoms with Crippen LogP contribution in [0.25, 0.3) is 0 Å². The molecule has 0 bridgehead atoms. The van der Waals surface area contributed by atoms with Crippen LogP contribution >= 0.6 is 0 Å². The molecule has 0 rings (SSSR count). The summed E-state index contributed by atoms with van der Waals surface area (Å²) in [6, 6.07) is 0. The van der Waals surface area contributed by atoms with Gasteiger partial charge in [0.25, 0.3) is 0 Å². The van der Waals surface area contributed by atoms with Crippen LogP contribution in [0.3, 0.4) is 0 Å². The molecule has 0 N–H and O–H groups in total. The predicted molar refractivity (Wildman–Crippen MR) is 70.4 cm³/mol. The smallest absolute Gasteiger partial charge is 0.0386 e. The zero-order valence-electron chi connectivity index (χ0n) is 10.5. The summed E-state index contributed by atoms with van der Waals surface area (Å²) < 4.78 is 0. The maximum absolute atomic E-state index is 3.86. The van der Waals surface area contributed by atoms with E-state index in [1.165, 1.54) is 64.2 Å². The second-order valence-electron chi connectivity index (χ2n) is 4.40. The minimum absolute atomic E-state index is 1.09. The lowest BCUT2D eigenvalue weighted by atomic mass is 10.1. The summed E-state index contributed by atoms with van der Waals surface area (Å²) in [6.45, 7) is 7.70. The lowest BCUT2D eigenvalue weighted by Gasteiger charge is -2.01. The average molecular weight is 209 g/mol. The Morgan fingerprint density at radius 2 is 1.00 bits per heavy atom. The van der Waals surface area contributed by atoms with Crippen molar-refractivity contribution in [2.24, 2.45) is 0 Å². The third-order valence-electron chi connectivity index (χ3n) is 2.82. The summed E-state index contributed by atoms with van der Waals surface area (Å²) in [6.07, 6.45) is 18.3. The molecule has 0 aliphatic heterocycles. The van der Waals surface area contributed by atoms with Gasteiger partial charge in [0, 0.05) is 0 Å². The van der Waals surface area contributed by atoms with E-state index in [4.69, 9.17) is 0 Å². The van der Waals surface area contributed by atoms with Crippen molar-refractivity contribution in [3.05, 3.63) is 20.3 Å². The van der Waals surface area contributed by atoms with Crippen LogP contribution in [-0.4, -0.2) is 0 Å². The molecule has 0 spiro atoms. The molecule has 0 heterocycles. The molecule has 0 aliphatic rings. The van der Waals surface area contributed by atoms with Gasteiger partial charge in [-0.2, -0.15) is 0 Å². The molecule has 15 heavy (non-hydrogen) atoms. The molecule has 0 fully saturated rings. The van der Waals surface area contributed by atoms with Gasteiger partial charge in [-0.3, -0.25) is 0 Å². The van der Waals surface area contributed by atoms with Crippen molar-refractivity contribution < 1.29 is 0 Å². The zero-order valence-corrected chi connectivity index (χ0v) is 10.5. The number of unbranched alkanes of at least 4 members (excludes halogenated alkanes) is 12. The van der Waals surface area contributed by atoms with Crippen molar-refractivity contribution in [2.45, 2.75) is 77.0 Å². The Morgan fingerprint density at radius 3 is 1.60 bits per heavy atom. The first-order valence-corrected chi connectivity index (χ1v) is 6.82. The zero-order chi connectivity index (χ0) is 11.2. The van der Waals surface area contributed by atoms with Gasteiger partial charge >= 0.3 is 0 Å². The summed E-state index contributed by atoms with van der Waals surface area (Å²) in [7, 11) is 0. The standard InChI is InChI=1S/C15H29/c1-3-5-7-9-11-13-15-14-12-10-8-6-4-2/h9H,1-8,10-15H2. The van der Waals surface area contributed by atoms with Crippen LogP contribution in [0.15, 0.2) is 0 Å². The van der Waals surface area contributed by atoms with Crippen LogP contribution < -0.4 is 0 Å². The van der Waals surface area contributed by atoms with Crippen molar-refractivity contribution in [2.75, 3.05) is 0 Å². The van der Waals surface area contributed by atoms with Gasteiger partial charge in [0.1, 0.15) is 0 Å². The molecular formula is C15H29. The molecule has 0 unspecified atom stereocenters. The van der Waals surface area contributed by atoms with E-state index in [0.717, 1.165) is 12.8 Å². The van der Waals surface area contributed by atoms with Crippen molar-refractivity contribution in [3.8, 4) is 0 Å². The monoisotopic (exact) mass is 209 g/mol. The number of rotatable bonds is 12. The van der Waals surface area contributed by atoms with E-state index >= 15 is 0 Å². The third kappa shape index (κ3) is 14.0. The highest BCUT2D eigenvalue weighted by molar-refractivity contribution is 4.64. The maximum atomic E-state index is 3.86. The SMILES string of the molecule is [CH2]CCC[CH]CCCCCCCCC[CH2]. The van der Waals surface area contributed by atoms with E-state index in [1.807, 2.05) is 0 Å². The van der Waals surface area contributed by atoms with Crippen LogP contribution in [0.5, 0.6) is 0 Å². The summed E-state index contributed by atoms with van der Waals surface area (Å²) in [5.74, 6) is 0. The quantitative estimate of drug-likeness (QED) is 0.370. The summed E-state index contributed by atoms with van der Waals surface area (Å²) in [5, 5.41) is 0. The topological polar surface area (TPSA) is 0 Å². The number of hydrogen-bond donors (Lipinski definition) is 0. The highest BCUT2D eigenvalue weighted by Crippen LogP contribution is 2.11. The van der Waals surface area contributed by atoms with Crippen LogP contribution in [0.2, 0.25) is 0 Å². The molecule has 0 saturated heterocycles. The highest BCUT2D eigenvalue weighted by atomic mass is 14.0. The Hall–Kier alpha value is 0. The second-order valence-corrected chi connectivity index (χ2v) is 4.40. The van der Waals surface area contributed by atoms with E-state index in [0.29, 0.717) is 0 Å². The van der Waals surface area contributed by atoms with Gasteiger partial charge in [0.15, 0.2) is 0 Å². The lowest BCUT2D eigenvalue weighted by molar-refractivity contribution is 0.575. The van der Waals surface area contributed by atoms with Crippen LogP contribution in [-0.2, 0) is 0 Å². The minimum Gasteiger partial charge on any atom is -0.0533 e. The normalized spacial score (nSPS) is 10.8. The molecule has 0 amide bonds. The molecular weight excluding hydrogens is 180 g/mol. The molecule has 0 heteroatoms. The largest absolute Gasteiger partial charge is 0.0533 e. The summed E-state index contributed by atoms with van der Waals surface area (Å²) >= 11 is 0. The van der Waals surface area contributed by atoms with Crippen LogP contribution in [0.1, 0.15) is 77.0 Å². The molecule has 0 aromatic heterocycles. The maximum Gasteiger partial charge on any atom is -0.0386 e. The van der Waals surface area contributed by atoms with Crippen molar-refractivity contribution in [1.29, 1.82) is 0 Å². The molecule has 3 radical (unpaired) electrons. The van der Waals surface area contributed by atoms with Crippen LogP contribution in [0, 0.1) is 20.3 Å².